The number of fused-ring (bicyclic) bond motifs is 5. The second-order valence-electron chi connectivity index (χ2n) is 6.47. The van der Waals surface area contributed by atoms with Crippen molar-refractivity contribution in [2.45, 2.75) is 38.7 Å². The minimum atomic E-state index is -0.235. The van der Waals surface area contributed by atoms with Crippen molar-refractivity contribution < 1.29 is 14.6 Å². The van der Waals surface area contributed by atoms with Crippen LogP contribution in [0.4, 0.5) is 0 Å². The largest absolute Gasteiger partial charge is 0.459 e. The van der Waals surface area contributed by atoms with Crippen LogP contribution >= 0.6 is 0 Å². The number of ether oxygens (including phenoxy) is 1. The number of carbonyl (C=O) groups excluding carboxylic acids is 1. The lowest BCUT2D eigenvalue weighted by Gasteiger charge is -2.31. The molecule has 0 aromatic carbocycles. The third-order valence-corrected chi connectivity index (χ3v) is 5.37. The predicted octanol–water partition coefficient (Wildman–Crippen LogP) is 2.15. The first-order valence-electron chi connectivity index (χ1n) is 7.07. The molecule has 3 fully saturated rings. The van der Waals surface area contributed by atoms with E-state index < -0.39 is 0 Å². The van der Waals surface area contributed by atoms with Gasteiger partial charge in [0.2, 0.25) is 0 Å². The van der Waals surface area contributed by atoms with Gasteiger partial charge in [0.1, 0.15) is 6.10 Å². The van der Waals surface area contributed by atoms with Crippen LogP contribution in [0.25, 0.3) is 0 Å². The number of hydrogen-bond donors (Lipinski definition) is 1. The van der Waals surface area contributed by atoms with E-state index in [4.69, 9.17) is 4.74 Å². The number of aliphatic hydroxyl groups excluding tert-OH is 1. The van der Waals surface area contributed by atoms with Gasteiger partial charge in [0, 0.05) is 12.2 Å². The van der Waals surface area contributed by atoms with Gasteiger partial charge >= 0.3 is 5.97 Å². The summed E-state index contributed by atoms with van der Waals surface area (Å²) in [7, 11) is 0. The van der Waals surface area contributed by atoms with E-state index in [9.17, 15) is 9.90 Å². The zero-order valence-electron chi connectivity index (χ0n) is 11.0. The second kappa shape index (κ2) is 4.37. The summed E-state index contributed by atoms with van der Waals surface area (Å²) < 4.78 is 5.58. The molecule has 0 aliphatic heterocycles. The van der Waals surface area contributed by atoms with Crippen LogP contribution in [0.1, 0.15) is 32.6 Å². The van der Waals surface area contributed by atoms with Gasteiger partial charge in [-0.1, -0.05) is 6.58 Å². The molecule has 3 aliphatic carbocycles. The van der Waals surface area contributed by atoms with E-state index in [1.807, 2.05) is 0 Å². The molecular formula is C15H22O3. The maximum Gasteiger partial charge on any atom is 0.333 e. The van der Waals surface area contributed by atoms with Crippen LogP contribution in [0.2, 0.25) is 0 Å². The van der Waals surface area contributed by atoms with Crippen LogP contribution in [0, 0.1) is 29.6 Å². The van der Waals surface area contributed by atoms with E-state index in [1.54, 1.807) is 6.92 Å². The Kier molecular flexibility index (Phi) is 2.97. The average molecular weight is 250 g/mol. The Bertz CT molecular complexity index is 376. The number of hydrogen-bond acceptors (Lipinski definition) is 3. The van der Waals surface area contributed by atoms with E-state index in [0.29, 0.717) is 29.9 Å². The number of rotatable bonds is 3. The summed E-state index contributed by atoms with van der Waals surface area (Å²) in [6.45, 7) is 5.67. The molecule has 6 unspecified atom stereocenters. The van der Waals surface area contributed by atoms with Crippen molar-refractivity contribution in [1.82, 2.24) is 0 Å². The molecule has 2 bridgehead atoms. The van der Waals surface area contributed by atoms with E-state index in [2.05, 4.69) is 6.58 Å². The van der Waals surface area contributed by atoms with Crippen LogP contribution in [-0.2, 0) is 9.53 Å². The third kappa shape index (κ3) is 1.80. The summed E-state index contributed by atoms with van der Waals surface area (Å²) in [5.74, 6) is 2.98. The summed E-state index contributed by atoms with van der Waals surface area (Å²) >= 11 is 0. The fourth-order valence-corrected chi connectivity index (χ4v) is 4.64. The average Bonchev–Trinajstić information content (AvgIpc) is 2.97. The molecule has 3 heteroatoms. The fourth-order valence-electron chi connectivity index (χ4n) is 4.64. The minimum absolute atomic E-state index is 0.109. The molecule has 0 aromatic rings. The Balaban J connectivity index is 1.66. The summed E-state index contributed by atoms with van der Waals surface area (Å²) in [4.78, 5) is 11.6. The van der Waals surface area contributed by atoms with Gasteiger partial charge in [-0.3, -0.25) is 0 Å². The fraction of sp³-hybridized carbons (Fsp3) is 0.800. The SMILES string of the molecule is C=C(C)C(=O)OC1CC2CC1C1CC(CO)CC21. The molecule has 0 aromatic heterocycles. The van der Waals surface area contributed by atoms with Crippen LogP contribution in [-0.4, -0.2) is 23.8 Å². The van der Waals surface area contributed by atoms with E-state index in [0.717, 1.165) is 24.7 Å². The first-order valence-corrected chi connectivity index (χ1v) is 7.07. The van der Waals surface area contributed by atoms with Gasteiger partial charge in [0.05, 0.1) is 0 Å². The van der Waals surface area contributed by atoms with Gasteiger partial charge in [0.25, 0.3) is 0 Å². The van der Waals surface area contributed by atoms with Crippen LogP contribution in [0.15, 0.2) is 12.2 Å². The highest BCUT2D eigenvalue weighted by atomic mass is 16.5. The zero-order valence-corrected chi connectivity index (χ0v) is 11.0. The Morgan fingerprint density at radius 2 is 1.94 bits per heavy atom. The molecule has 0 radical (unpaired) electrons. The maximum atomic E-state index is 11.6. The van der Waals surface area contributed by atoms with Crippen molar-refractivity contribution in [1.29, 1.82) is 0 Å². The lowest BCUT2D eigenvalue weighted by Crippen LogP contribution is -2.32. The zero-order chi connectivity index (χ0) is 12.9. The lowest BCUT2D eigenvalue weighted by molar-refractivity contribution is -0.148. The Morgan fingerprint density at radius 1 is 1.22 bits per heavy atom. The smallest absolute Gasteiger partial charge is 0.333 e. The molecule has 0 spiro atoms. The molecule has 3 nitrogen and oxygen atoms in total. The molecule has 0 saturated heterocycles. The van der Waals surface area contributed by atoms with E-state index in [-0.39, 0.29) is 12.1 Å². The molecule has 1 N–H and O–H groups in total. The van der Waals surface area contributed by atoms with E-state index in [1.165, 1.54) is 12.8 Å². The van der Waals surface area contributed by atoms with Crippen molar-refractivity contribution in [2.75, 3.05) is 6.61 Å². The van der Waals surface area contributed by atoms with Crippen molar-refractivity contribution in [2.24, 2.45) is 29.6 Å². The van der Waals surface area contributed by atoms with Crippen molar-refractivity contribution in [3.05, 3.63) is 12.2 Å². The summed E-state index contributed by atoms with van der Waals surface area (Å²) in [6.07, 6.45) is 4.68. The van der Waals surface area contributed by atoms with Gasteiger partial charge in [-0.25, -0.2) is 4.79 Å². The highest BCUT2D eigenvalue weighted by Gasteiger charge is 2.56. The van der Waals surface area contributed by atoms with Gasteiger partial charge in [0.15, 0.2) is 0 Å². The minimum Gasteiger partial charge on any atom is -0.459 e. The van der Waals surface area contributed by atoms with Gasteiger partial charge < -0.3 is 9.84 Å². The summed E-state index contributed by atoms with van der Waals surface area (Å²) in [6, 6.07) is 0. The van der Waals surface area contributed by atoms with Gasteiger partial charge in [-0.15, -0.1) is 0 Å². The molecule has 18 heavy (non-hydrogen) atoms. The van der Waals surface area contributed by atoms with Crippen LogP contribution in [0.3, 0.4) is 0 Å². The van der Waals surface area contributed by atoms with Crippen molar-refractivity contribution >= 4 is 5.97 Å². The maximum absolute atomic E-state index is 11.6. The molecule has 0 amide bonds. The molecule has 0 heterocycles. The monoisotopic (exact) mass is 250 g/mol. The molecule has 100 valence electrons. The quantitative estimate of drug-likeness (QED) is 0.616. The van der Waals surface area contributed by atoms with Crippen LogP contribution < -0.4 is 0 Å². The normalized spacial score (nSPS) is 45.0. The Hall–Kier alpha value is -0.830. The highest BCUT2D eigenvalue weighted by molar-refractivity contribution is 5.87. The molecule has 3 rings (SSSR count). The molecule has 6 atom stereocenters. The van der Waals surface area contributed by atoms with Gasteiger partial charge in [-0.05, 0) is 62.2 Å². The second-order valence-corrected chi connectivity index (χ2v) is 6.47. The lowest BCUT2D eigenvalue weighted by atomic mass is 9.80. The number of carbonyl (C=O) groups is 1. The van der Waals surface area contributed by atoms with E-state index >= 15 is 0 Å². The first kappa shape index (κ1) is 12.2. The standard InChI is InChI=1S/C15H22O3/c1-8(2)15(17)18-14-6-10-5-13(14)12-4-9(7-16)3-11(10)12/h9-14,16H,1,3-7H2,2H3. The van der Waals surface area contributed by atoms with Crippen molar-refractivity contribution in [3.63, 3.8) is 0 Å². The van der Waals surface area contributed by atoms with Crippen molar-refractivity contribution in [3.8, 4) is 0 Å². The Morgan fingerprint density at radius 3 is 2.61 bits per heavy atom. The van der Waals surface area contributed by atoms with Gasteiger partial charge in [-0.2, -0.15) is 0 Å². The van der Waals surface area contributed by atoms with Crippen LogP contribution in [0.5, 0.6) is 0 Å². The first-order chi connectivity index (χ1) is 8.60. The number of aliphatic hydroxyl groups is 1. The summed E-state index contributed by atoms with van der Waals surface area (Å²) in [5, 5.41) is 9.30. The topological polar surface area (TPSA) is 46.5 Å². The molecular weight excluding hydrogens is 228 g/mol. The predicted molar refractivity (Wildman–Crippen MR) is 67.7 cm³/mol. The summed E-state index contributed by atoms with van der Waals surface area (Å²) in [5.41, 5.74) is 0.494. The highest BCUT2D eigenvalue weighted by Crippen LogP contribution is 2.60. The molecule has 3 saturated carbocycles. The third-order valence-electron chi connectivity index (χ3n) is 5.37. The number of esters is 1. The molecule has 3 aliphatic rings. The Labute approximate surface area is 108 Å².